The predicted octanol–water partition coefficient (Wildman–Crippen LogP) is 2.90. The number of halogens is 1. The molecule has 0 aromatic heterocycles. The Morgan fingerprint density at radius 2 is 1.97 bits per heavy atom. The molecule has 2 aromatic rings. The van der Waals surface area contributed by atoms with Crippen LogP contribution in [0.2, 0.25) is 0 Å². The van der Waals surface area contributed by atoms with Crippen molar-refractivity contribution in [1.82, 2.24) is 4.90 Å². The van der Waals surface area contributed by atoms with E-state index in [0.29, 0.717) is 24.0 Å². The van der Waals surface area contributed by atoms with E-state index >= 15 is 0 Å². The highest BCUT2D eigenvalue weighted by Gasteiger charge is 2.29. The van der Waals surface area contributed by atoms with Crippen molar-refractivity contribution in [1.29, 1.82) is 0 Å². The highest BCUT2D eigenvalue weighted by molar-refractivity contribution is 6.10. The second-order valence-corrected chi connectivity index (χ2v) is 7.55. The Hall–Kier alpha value is -2.93. The van der Waals surface area contributed by atoms with Gasteiger partial charge in [0, 0.05) is 12.5 Å². The van der Waals surface area contributed by atoms with Gasteiger partial charge < -0.3 is 10.1 Å². The Morgan fingerprint density at radius 3 is 2.79 bits per heavy atom. The van der Waals surface area contributed by atoms with Gasteiger partial charge in [0.1, 0.15) is 18.1 Å². The summed E-state index contributed by atoms with van der Waals surface area (Å²) in [7, 11) is 0. The number of nitrogens with one attached hydrogen (secondary N) is 1. The maximum absolute atomic E-state index is 13.0. The van der Waals surface area contributed by atoms with E-state index < -0.39 is 0 Å². The number of carbonyl (C=O) groups excluding carboxylic acids is 2. The van der Waals surface area contributed by atoms with Crippen LogP contribution in [0.15, 0.2) is 48.5 Å². The Bertz CT molecular complexity index is 887. The van der Waals surface area contributed by atoms with E-state index in [-0.39, 0.29) is 30.7 Å². The van der Waals surface area contributed by atoms with Gasteiger partial charge in [-0.25, -0.2) is 4.39 Å². The summed E-state index contributed by atoms with van der Waals surface area (Å²) in [5.41, 5.74) is 1.41. The molecular formula is C22H24FN3O3. The monoisotopic (exact) mass is 397 g/mol. The fourth-order valence-corrected chi connectivity index (χ4v) is 3.91. The minimum atomic E-state index is -0.285. The summed E-state index contributed by atoms with van der Waals surface area (Å²) >= 11 is 0. The molecule has 6 nitrogen and oxygen atoms in total. The van der Waals surface area contributed by atoms with Gasteiger partial charge in [-0.3, -0.25) is 19.4 Å². The van der Waals surface area contributed by atoms with Crippen molar-refractivity contribution in [2.75, 3.05) is 43.0 Å². The summed E-state index contributed by atoms with van der Waals surface area (Å²) in [5.74, 6) is 0.412. The summed E-state index contributed by atoms with van der Waals surface area (Å²) in [6.45, 7) is 2.45. The number of benzene rings is 2. The normalized spacial score (nSPS) is 19.4. The van der Waals surface area contributed by atoms with E-state index in [0.717, 1.165) is 31.6 Å². The zero-order chi connectivity index (χ0) is 20.2. The van der Waals surface area contributed by atoms with E-state index in [9.17, 15) is 14.0 Å². The summed E-state index contributed by atoms with van der Waals surface area (Å²) in [5, 5.41) is 2.80. The van der Waals surface area contributed by atoms with Crippen LogP contribution >= 0.6 is 0 Å². The van der Waals surface area contributed by atoms with Crippen LogP contribution in [0.1, 0.15) is 12.8 Å². The van der Waals surface area contributed by atoms with Crippen molar-refractivity contribution in [3.05, 3.63) is 54.3 Å². The third-order valence-electron chi connectivity index (χ3n) is 5.33. The molecule has 0 spiro atoms. The SMILES string of the molecule is O=C1CN(C(=O)CN2CCCC(COc3ccc(F)cc3)C2)c2ccccc2N1. The number of carbonyl (C=O) groups is 2. The van der Waals surface area contributed by atoms with Crippen molar-refractivity contribution in [3.63, 3.8) is 0 Å². The third-order valence-corrected chi connectivity index (χ3v) is 5.33. The molecule has 2 aromatic carbocycles. The molecule has 1 fully saturated rings. The first-order valence-corrected chi connectivity index (χ1v) is 9.88. The first kappa shape index (κ1) is 19.4. The molecule has 0 aliphatic carbocycles. The van der Waals surface area contributed by atoms with Crippen molar-refractivity contribution >= 4 is 23.2 Å². The van der Waals surface area contributed by atoms with Gasteiger partial charge in [0.2, 0.25) is 11.8 Å². The predicted molar refractivity (Wildman–Crippen MR) is 108 cm³/mol. The lowest BCUT2D eigenvalue weighted by Crippen LogP contribution is -2.48. The molecule has 7 heteroatoms. The Morgan fingerprint density at radius 1 is 1.17 bits per heavy atom. The van der Waals surface area contributed by atoms with Gasteiger partial charge in [-0.15, -0.1) is 0 Å². The number of piperidine rings is 1. The fraction of sp³-hybridized carbons (Fsp3) is 0.364. The number of likely N-dealkylation sites (tertiary alicyclic amines) is 1. The molecule has 0 bridgehead atoms. The van der Waals surface area contributed by atoms with Gasteiger partial charge in [-0.1, -0.05) is 12.1 Å². The third kappa shape index (κ3) is 4.74. The Balaban J connectivity index is 1.34. The van der Waals surface area contributed by atoms with Crippen LogP contribution in [-0.4, -0.2) is 49.5 Å². The molecule has 29 heavy (non-hydrogen) atoms. The van der Waals surface area contributed by atoms with Gasteiger partial charge >= 0.3 is 0 Å². The second-order valence-electron chi connectivity index (χ2n) is 7.55. The second kappa shape index (κ2) is 8.61. The van der Waals surface area contributed by atoms with Gasteiger partial charge in [0.15, 0.2) is 0 Å². The quantitative estimate of drug-likeness (QED) is 0.843. The molecule has 2 aliphatic heterocycles. The molecule has 0 radical (unpaired) electrons. The summed E-state index contributed by atoms with van der Waals surface area (Å²) in [6.07, 6.45) is 2.02. The van der Waals surface area contributed by atoms with Crippen molar-refractivity contribution in [2.24, 2.45) is 5.92 Å². The lowest BCUT2D eigenvalue weighted by atomic mass is 9.99. The number of fused-ring (bicyclic) bond motifs is 1. The van der Waals surface area contributed by atoms with E-state index in [1.165, 1.54) is 12.1 Å². The maximum atomic E-state index is 13.0. The van der Waals surface area contributed by atoms with E-state index in [1.54, 1.807) is 23.1 Å². The number of hydrogen-bond acceptors (Lipinski definition) is 4. The lowest BCUT2D eigenvalue weighted by molar-refractivity contribution is -0.123. The molecule has 0 saturated carbocycles. The first-order chi connectivity index (χ1) is 14.1. The average molecular weight is 397 g/mol. The molecular weight excluding hydrogens is 373 g/mol. The van der Waals surface area contributed by atoms with Crippen LogP contribution in [0.3, 0.4) is 0 Å². The van der Waals surface area contributed by atoms with Crippen molar-refractivity contribution in [2.45, 2.75) is 12.8 Å². The van der Waals surface area contributed by atoms with Gasteiger partial charge in [-0.2, -0.15) is 0 Å². The van der Waals surface area contributed by atoms with E-state index in [4.69, 9.17) is 4.74 Å². The van der Waals surface area contributed by atoms with Crippen LogP contribution < -0.4 is 15.0 Å². The van der Waals surface area contributed by atoms with Crippen LogP contribution in [0.5, 0.6) is 5.75 Å². The smallest absolute Gasteiger partial charge is 0.244 e. The number of hydrogen-bond donors (Lipinski definition) is 1. The fourth-order valence-electron chi connectivity index (χ4n) is 3.91. The standard InChI is InChI=1S/C22H24FN3O3/c23-17-7-9-18(10-8-17)29-15-16-4-3-11-25(12-16)14-22(28)26-13-21(27)24-19-5-1-2-6-20(19)26/h1-2,5-10,16H,3-4,11-15H2,(H,24,27). The first-order valence-electron chi connectivity index (χ1n) is 9.88. The van der Waals surface area contributed by atoms with E-state index in [1.807, 2.05) is 18.2 Å². The van der Waals surface area contributed by atoms with Gasteiger partial charge in [0.25, 0.3) is 0 Å². The number of para-hydroxylation sites is 2. The van der Waals surface area contributed by atoms with Crippen LogP contribution in [0.4, 0.5) is 15.8 Å². The minimum absolute atomic E-state index is 0.0425. The van der Waals surface area contributed by atoms with Crippen molar-refractivity contribution < 1.29 is 18.7 Å². The molecule has 1 atom stereocenters. The highest BCUT2D eigenvalue weighted by Crippen LogP contribution is 2.29. The Kier molecular flexibility index (Phi) is 5.76. The zero-order valence-electron chi connectivity index (χ0n) is 16.1. The number of rotatable bonds is 5. The molecule has 1 N–H and O–H groups in total. The van der Waals surface area contributed by atoms with Gasteiger partial charge in [0.05, 0.1) is 24.5 Å². The largest absolute Gasteiger partial charge is 0.493 e. The van der Waals surface area contributed by atoms with Crippen LogP contribution in [-0.2, 0) is 9.59 Å². The van der Waals surface area contributed by atoms with Crippen molar-refractivity contribution in [3.8, 4) is 5.75 Å². The van der Waals surface area contributed by atoms with E-state index in [2.05, 4.69) is 10.2 Å². The summed E-state index contributed by atoms with van der Waals surface area (Å²) < 4.78 is 18.8. The van der Waals surface area contributed by atoms with Crippen LogP contribution in [0, 0.1) is 11.7 Å². The average Bonchev–Trinajstić information content (AvgIpc) is 2.73. The molecule has 2 heterocycles. The molecule has 4 rings (SSSR count). The molecule has 1 saturated heterocycles. The topological polar surface area (TPSA) is 61.9 Å². The number of amides is 2. The van der Waals surface area contributed by atoms with Crippen LogP contribution in [0.25, 0.3) is 0 Å². The summed E-state index contributed by atoms with van der Waals surface area (Å²) in [6, 6.07) is 13.4. The molecule has 1 unspecified atom stereocenters. The van der Waals surface area contributed by atoms with Gasteiger partial charge in [-0.05, 0) is 55.8 Å². The molecule has 2 aliphatic rings. The lowest BCUT2D eigenvalue weighted by Gasteiger charge is -2.35. The highest BCUT2D eigenvalue weighted by atomic mass is 19.1. The number of ether oxygens (including phenoxy) is 1. The molecule has 152 valence electrons. The molecule has 2 amide bonds. The summed E-state index contributed by atoms with van der Waals surface area (Å²) in [4.78, 5) is 28.6. The zero-order valence-corrected chi connectivity index (χ0v) is 16.1. The maximum Gasteiger partial charge on any atom is 0.244 e. The minimum Gasteiger partial charge on any atom is -0.493 e. The number of anilines is 2. The Labute approximate surface area is 169 Å². The number of nitrogens with zero attached hydrogens (tertiary/aromatic N) is 2.